The minimum absolute atomic E-state index is 0.0209. The molecule has 5 heteroatoms. The lowest BCUT2D eigenvalue weighted by Gasteiger charge is -2.34. The van der Waals surface area contributed by atoms with E-state index in [2.05, 4.69) is 5.32 Å². The van der Waals surface area contributed by atoms with Crippen molar-refractivity contribution in [2.24, 2.45) is 0 Å². The number of rotatable bonds is 8. The van der Waals surface area contributed by atoms with Crippen LogP contribution >= 0.6 is 11.6 Å². The monoisotopic (exact) mass is 414 g/mol. The van der Waals surface area contributed by atoms with Gasteiger partial charge in [-0.3, -0.25) is 9.59 Å². The number of nitrogens with one attached hydrogen (secondary N) is 1. The molecule has 1 unspecified atom stereocenters. The first-order valence-corrected chi connectivity index (χ1v) is 10.5. The summed E-state index contributed by atoms with van der Waals surface area (Å²) in [6.07, 6.45) is 1.60. The van der Waals surface area contributed by atoms with Crippen LogP contribution in [0.25, 0.3) is 0 Å². The van der Waals surface area contributed by atoms with Gasteiger partial charge in [0.2, 0.25) is 11.8 Å². The number of hydrogen-bond acceptors (Lipinski definition) is 2. The van der Waals surface area contributed by atoms with Gasteiger partial charge in [0.1, 0.15) is 6.04 Å². The summed E-state index contributed by atoms with van der Waals surface area (Å²) in [6.45, 7) is 8.18. The lowest BCUT2D eigenvalue weighted by atomic mass is 10.00. The standard InChI is InChI=1S/C24H31ClN2O2/c1-5-9-22(28)27(17-19-12-14-20(25)15-13-19)21(23(29)26-24(2,3)4)16-18-10-7-6-8-11-18/h6-8,10-15,21H,5,9,16-17H2,1-4H3,(H,26,29). The second kappa shape index (κ2) is 10.4. The van der Waals surface area contributed by atoms with Crippen LogP contribution in [0.15, 0.2) is 54.6 Å². The van der Waals surface area contributed by atoms with E-state index >= 15 is 0 Å². The molecule has 0 aromatic heterocycles. The Kier molecular flexibility index (Phi) is 8.27. The third kappa shape index (κ3) is 7.54. The van der Waals surface area contributed by atoms with Crippen molar-refractivity contribution in [2.45, 2.75) is 65.1 Å². The van der Waals surface area contributed by atoms with Gasteiger partial charge in [0, 0.05) is 29.9 Å². The minimum Gasteiger partial charge on any atom is -0.350 e. The molecule has 2 rings (SSSR count). The number of carbonyl (C=O) groups excluding carboxylic acids is 2. The molecular weight excluding hydrogens is 384 g/mol. The fourth-order valence-electron chi connectivity index (χ4n) is 3.15. The Bertz CT molecular complexity index is 798. The fourth-order valence-corrected chi connectivity index (χ4v) is 3.28. The third-order valence-electron chi connectivity index (χ3n) is 4.50. The SMILES string of the molecule is CCCC(=O)N(Cc1ccc(Cl)cc1)C(Cc1ccccc1)C(=O)NC(C)(C)C. The fraction of sp³-hybridized carbons (Fsp3) is 0.417. The van der Waals surface area contributed by atoms with Crippen LogP contribution in [-0.2, 0) is 22.6 Å². The van der Waals surface area contributed by atoms with Gasteiger partial charge in [-0.2, -0.15) is 0 Å². The molecule has 2 aromatic rings. The first-order chi connectivity index (χ1) is 13.7. The van der Waals surface area contributed by atoms with Crippen molar-refractivity contribution < 1.29 is 9.59 Å². The molecule has 1 N–H and O–H groups in total. The van der Waals surface area contributed by atoms with E-state index in [1.807, 2.05) is 70.2 Å². The van der Waals surface area contributed by atoms with Crippen molar-refractivity contribution in [1.82, 2.24) is 10.2 Å². The summed E-state index contributed by atoms with van der Waals surface area (Å²) in [4.78, 5) is 28.0. The summed E-state index contributed by atoms with van der Waals surface area (Å²) in [5, 5.41) is 3.70. The largest absolute Gasteiger partial charge is 0.350 e. The number of carbonyl (C=O) groups is 2. The highest BCUT2D eigenvalue weighted by Gasteiger charge is 2.31. The van der Waals surface area contributed by atoms with E-state index in [1.54, 1.807) is 17.0 Å². The van der Waals surface area contributed by atoms with Gasteiger partial charge in [-0.1, -0.05) is 61.0 Å². The first-order valence-electron chi connectivity index (χ1n) is 10.1. The molecule has 156 valence electrons. The molecule has 0 saturated carbocycles. The quantitative estimate of drug-likeness (QED) is 0.661. The molecule has 0 bridgehead atoms. The maximum atomic E-state index is 13.2. The number of halogens is 1. The Labute approximate surface area is 179 Å². The van der Waals surface area contributed by atoms with E-state index in [-0.39, 0.29) is 17.4 Å². The zero-order valence-corrected chi connectivity index (χ0v) is 18.5. The molecule has 4 nitrogen and oxygen atoms in total. The smallest absolute Gasteiger partial charge is 0.243 e. The second-order valence-corrected chi connectivity index (χ2v) is 8.78. The molecule has 0 radical (unpaired) electrons. The molecule has 0 aliphatic heterocycles. The molecule has 2 amide bonds. The van der Waals surface area contributed by atoms with E-state index in [1.165, 1.54) is 0 Å². The lowest BCUT2D eigenvalue weighted by Crippen LogP contribution is -2.54. The van der Waals surface area contributed by atoms with Crippen LogP contribution < -0.4 is 5.32 Å². The van der Waals surface area contributed by atoms with Gasteiger partial charge in [-0.05, 0) is 50.5 Å². The predicted molar refractivity (Wildman–Crippen MR) is 119 cm³/mol. The molecule has 29 heavy (non-hydrogen) atoms. The van der Waals surface area contributed by atoms with Gasteiger partial charge in [0.15, 0.2) is 0 Å². The second-order valence-electron chi connectivity index (χ2n) is 8.34. The summed E-state index contributed by atoms with van der Waals surface area (Å²) in [6, 6.07) is 16.6. The van der Waals surface area contributed by atoms with Crippen LogP contribution in [0.5, 0.6) is 0 Å². The molecule has 0 aliphatic rings. The van der Waals surface area contributed by atoms with Crippen molar-refractivity contribution in [3.05, 3.63) is 70.7 Å². The van der Waals surface area contributed by atoms with Crippen molar-refractivity contribution >= 4 is 23.4 Å². The number of nitrogens with zero attached hydrogens (tertiary/aromatic N) is 1. The Morgan fingerprint density at radius 2 is 1.62 bits per heavy atom. The molecular formula is C24H31ClN2O2. The average Bonchev–Trinajstić information content (AvgIpc) is 2.65. The van der Waals surface area contributed by atoms with Gasteiger partial charge in [0.25, 0.3) is 0 Å². The van der Waals surface area contributed by atoms with Crippen LogP contribution in [0, 0.1) is 0 Å². The maximum Gasteiger partial charge on any atom is 0.243 e. The van der Waals surface area contributed by atoms with E-state index < -0.39 is 6.04 Å². The molecule has 0 heterocycles. The summed E-state index contributed by atoms with van der Waals surface area (Å²) < 4.78 is 0. The average molecular weight is 415 g/mol. The minimum atomic E-state index is -0.591. The zero-order valence-electron chi connectivity index (χ0n) is 17.7. The first kappa shape index (κ1) is 23.0. The number of hydrogen-bond donors (Lipinski definition) is 1. The zero-order chi connectivity index (χ0) is 21.4. The van der Waals surface area contributed by atoms with E-state index in [9.17, 15) is 9.59 Å². The predicted octanol–water partition coefficient (Wildman–Crippen LogP) is 4.99. The van der Waals surface area contributed by atoms with Crippen molar-refractivity contribution in [3.63, 3.8) is 0 Å². The van der Waals surface area contributed by atoms with Crippen LogP contribution in [0.4, 0.5) is 0 Å². The highest BCUT2D eigenvalue weighted by atomic mass is 35.5. The third-order valence-corrected chi connectivity index (χ3v) is 4.75. The molecule has 1 atom stereocenters. The highest BCUT2D eigenvalue weighted by molar-refractivity contribution is 6.30. The Hall–Kier alpha value is -2.33. The Balaban J connectivity index is 2.38. The van der Waals surface area contributed by atoms with Gasteiger partial charge in [-0.25, -0.2) is 0 Å². The van der Waals surface area contributed by atoms with Crippen molar-refractivity contribution in [1.29, 1.82) is 0 Å². The van der Waals surface area contributed by atoms with Crippen LogP contribution in [0.2, 0.25) is 5.02 Å². The maximum absolute atomic E-state index is 13.2. The summed E-state index contributed by atoms with van der Waals surface area (Å²) in [5.74, 6) is -0.160. The Morgan fingerprint density at radius 1 is 1.00 bits per heavy atom. The highest BCUT2D eigenvalue weighted by Crippen LogP contribution is 2.18. The number of amides is 2. The van der Waals surface area contributed by atoms with Gasteiger partial charge >= 0.3 is 0 Å². The topological polar surface area (TPSA) is 49.4 Å². The van der Waals surface area contributed by atoms with Crippen molar-refractivity contribution in [3.8, 4) is 0 Å². The van der Waals surface area contributed by atoms with Gasteiger partial charge in [0.05, 0.1) is 0 Å². The lowest BCUT2D eigenvalue weighted by molar-refractivity contribution is -0.142. The van der Waals surface area contributed by atoms with Crippen LogP contribution in [0.1, 0.15) is 51.7 Å². The van der Waals surface area contributed by atoms with Crippen LogP contribution in [0.3, 0.4) is 0 Å². The Morgan fingerprint density at radius 3 is 2.17 bits per heavy atom. The summed E-state index contributed by atoms with van der Waals surface area (Å²) >= 11 is 6.01. The van der Waals surface area contributed by atoms with E-state index in [0.29, 0.717) is 24.4 Å². The van der Waals surface area contributed by atoms with E-state index in [0.717, 1.165) is 17.5 Å². The molecule has 0 aliphatic carbocycles. The number of benzene rings is 2. The van der Waals surface area contributed by atoms with Gasteiger partial charge < -0.3 is 10.2 Å². The van der Waals surface area contributed by atoms with E-state index in [4.69, 9.17) is 11.6 Å². The molecule has 2 aromatic carbocycles. The van der Waals surface area contributed by atoms with Crippen molar-refractivity contribution in [2.75, 3.05) is 0 Å². The molecule has 0 saturated heterocycles. The van der Waals surface area contributed by atoms with Gasteiger partial charge in [-0.15, -0.1) is 0 Å². The summed E-state index contributed by atoms with van der Waals surface area (Å²) in [5.41, 5.74) is 1.58. The summed E-state index contributed by atoms with van der Waals surface area (Å²) in [7, 11) is 0. The molecule has 0 fully saturated rings. The van der Waals surface area contributed by atoms with Crippen LogP contribution in [-0.4, -0.2) is 28.3 Å². The molecule has 0 spiro atoms. The normalized spacial score (nSPS) is 12.3.